The van der Waals surface area contributed by atoms with Gasteiger partial charge in [-0.15, -0.1) is 0 Å². The number of hydrogen-bond acceptors (Lipinski definition) is 8. The van der Waals surface area contributed by atoms with Crippen molar-refractivity contribution < 1.29 is 14.1 Å². The van der Waals surface area contributed by atoms with E-state index in [4.69, 9.17) is 15.2 Å². The molecule has 0 bridgehead atoms. The van der Waals surface area contributed by atoms with Crippen molar-refractivity contribution in [1.29, 1.82) is 10.7 Å². The molecular weight excluding hydrogens is 482 g/mol. The van der Waals surface area contributed by atoms with Crippen LogP contribution in [0.1, 0.15) is 49.1 Å². The SMILES string of the molecule is CNc1cc(-c2noc(C3CCN(C(=O)C4CC(=O)N(c5ccc(C#N)cc5)C4)CC3)n2)ccc1C(C)=N. The van der Waals surface area contributed by atoms with Crippen molar-refractivity contribution in [2.45, 2.75) is 32.1 Å². The first-order valence-corrected chi connectivity index (χ1v) is 12.7. The van der Waals surface area contributed by atoms with Gasteiger partial charge in [-0.05, 0) is 50.1 Å². The van der Waals surface area contributed by atoms with E-state index in [0.29, 0.717) is 61.2 Å². The Hall–Kier alpha value is -4.52. The van der Waals surface area contributed by atoms with Gasteiger partial charge in [0.2, 0.25) is 23.5 Å². The molecule has 2 aliphatic heterocycles. The number of carbonyl (C=O) groups excluding carboxylic acids is 2. The second kappa shape index (κ2) is 10.5. The second-order valence-electron chi connectivity index (χ2n) is 9.76. The van der Waals surface area contributed by atoms with E-state index in [1.165, 1.54) is 0 Å². The van der Waals surface area contributed by atoms with Crippen LogP contribution in [0.5, 0.6) is 0 Å². The van der Waals surface area contributed by atoms with Crippen LogP contribution in [-0.2, 0) is 9.59 Å². The second-order valence-corrected chi connectivity index (χ2v) is 9.76. The Kier molecular flexibility index (Phi) is 6.92. The zero-order valence-corrected chi connectivity index (χ0v) is 21.4. The van der Waals surface area contributed by atoms with E-state index in [-0.39, 0.29) is 30.1 Å². The van der Waals surface area contributed by atoms with Gasteiger partial charge in [0.15, 0.2) is 0 Å². The van der Waals surface area contributed by atoms with Crippen molar-refractivity contribution in [1.82, 2.24) is 15.0 Å². The summed E-state index contributed by atoms with van der Waals surface area (Å²) < 4.78 is 5.60. The van der Waals surface area contributed by atoms with Crippen molar-refractivity contribution in [3.63, 3.8) is 0 Å². The molecule has 2 aliphatic rings. The number of amides is 2. The molecule has 194 valence electrons. The Labute approximate surface area is 220 Å². The van der Waals surface area contributed by atoms with Crippen LogP contribution in [0.25, 0.3) is 11.4 Å². The zero-order valence-electron chi connectivity index (χ0n) is 21.4. The van der Waals surface area contributed by atoms with Crippen LogP contribution in [0, 0.1) is 22.7 Å². The number of anilines is 2. The summed E-state index contributed by atoms with van der Waals surface area (Å²) in [7, 11) is 1.81. The minimum absolute atomic E-state index is 0.000314. The lowest BCUT2D eigenvalue weighted by Gasteiger charge is -2.32. The Morgan fingerprint density at radius 1 is 1.18 bits per heavy atom. The van der Waals surface area contributed by atoms with Gasteiger partial charge in [-0.25, -0.2) is 0 Å². The van der Waals surface area contributed by atoms with E-state index in [1.54, 1.807) is 36.1 Å². The normalized spacial score (nSPS) is 17.9. The largest absolute Gasteiger partial charge is 0.388 e. The number of nitriles is 1. The average molecular weight is 512 g/mol. The lowest BCUT2D eigenvalue weighted by molar-refractivity contribution is -0.136. The molecule has 1 unspecified atom stereocenters. The number of hydrogen-bond donors (Lipinski definition) is 2. The summed E-state index contributed by atoms with van der Waals surface area (Å²) in [6, 6.07) is 14.6. The zero-order chi connectivity index (χ0) is 26.8. The Morgan fingerprint density at radius 2 is 1.92 bits per heavy atom. The number of rotatable bonds is 6. The molecule has 0 aliphatic carbocycles. The lowest BCUT2D eigenvalue weighted by atomic mass is 9.95. The van der Waals surface area contributed by atoms with Crippen molar-refractivity contribution in [3.8, 4) is 17.5 Å². The fourth-order valence-corrected chi connectivity index (χ4v) is 5.18. The molecule has 10 heteroatoms. The van der Waals surface area contributed by atoms with Crippen molar-refractivity contribution >= 4 is 28.9 Å². The van der Waals surface area contributed by atoms with Gasteiger partial charge in [-0.3, -0.25) is 9.59 Å². The fraction of sp³-hybridized carbons (Fsp3) is 0.357. The van der Waals surface area contributed by atoms with Crippen molar-refractivity contribution in [2.75, 3.05) is 36.9 Å². The van der Waals surface area contributed by atoms with Gasteiger partial charge in [0.1, 0.15) is 0 Å². The quantitative estimate of drug-likeness (QED) is 0.480. The van der Waals surface area contributed by atoms with Crippen LogP contribution >= 0.6 is 0 Å². The van der Waals surface area contributed by atoms with Gasteiger partial charge in [-0.1, -0.05) is 17.3 Å². The topological polar surface area (TPSA) is 139 Å². The van der Waals surface area contributed by atoms with Crippen molar-refractivity contribution in [3.05, 3.63) is 59.5 Å². The Balaban J connectivity index is 1.19. The molecule has 0 spiro atoms. The van der Waals surface area contributed by atoms with Crippen LogP contribution in [0.2, 0.25) is 0 Å². The van der Waals surface area contributed by atoms with Gasteiger partial charge in [-0.2, -0.15) is 10.2 Å². The maximum absolute atomic E-state index is 13.2. The number of likely N-dealkylation sites (tertiary alicyclic amines) is 1. The third-order valence-corrected chi connectivity index (χ3v) is 7.33. The molecular formula is C28H29N7O3. The van der Waals surface area contributed by atoms with E-state index in [0.717, 1.165) is 16.8 Å². The molecule has 3 aromatic rings. The van der Waals surface area contributed by atoms with Gasteiger partial charge >= 0.3 is 0 Å². The first kappa shape index (κ1) is 25.1. The van der Waals surface area contributed by atoms with Crippen LogP contribution in [0.4, 0.5) is 11.4 Å². The third kappa shape index (κ3) is 4.87. The van der Waals surface area contributed by atoms with E-state index >= 15 is 0 Å². The molecule has 2 N–H and O–H groups in total. The van der Waals surface area contributed by atoms with E-state index in [1.807, 2.05) is 30.1 Å². The lowest BCUT2D eigenvalue weighted by Crippen LogP contribution is -2.42. The average Bonchev–Trinajstić information content (AvgIpc) is 3.60. The molecule has 1 atom stereocenters. The first-order chi connectivity index (χ1) is 18.4. The number of nitrogens with zero attached hydrogens (tertiary/aromatic N) is 5. The Morgan fingerprint density at radius 3 is 2.58 bits per heavy atom. The highest BCUT2D eigenvalue weighted by Gasteiger charge is 2.38. The van der Waals surface area contributed by atoms with Gasteiger partial charge in [0, 0.05) is 67.2 Å². The smallest absolute Gasteiger partial charge is 0.230 e. The van der Waals surface area contributed by atoms with Crippen LogP contribution in [-0.4, -0.2) is 59.2 Å². The molecule has 0 radical (unpaired) electrons. The maximum Gasteiger partial charge on any atom is 0.230 e. The molecule has 2 saturated heterocycles. The summed E-state index contributed by atoms with van der Waals surface area (Å²) in [6.07, 6.45) is 1.61. The first-order valence-electron chi connectivity index (χ1n) is 12.7. The minimum Gasteiger partial charge on any atom is -0.388 e. The summed E-state index contributed by atoms with van der Waals surface area (Å²) in [5.41, 5.74) is 4.17. The van der Waals surface area contributed by atoms with E-state index in [2.05, 4.69) is 21.5 Å². The van der Waals surface area contributed by atoms with Gasteiger partial charge in [0.05, 0.1) is 17.6 Å². The summed E-state index contributed by atoms with van der Waals surface area (Å²) in [4.78, 5) is 33.9. The monoisotopic (exact) mass is 511 g/mol. The molecule has 5 rings (SSSR count). The predicted octanol–water partition coefficient (Wildman–Crippen LogP) is 3.80. The highest BCUT2D eigenvalue weighted by molar-refractivity contribution is 6.02. The highest BCUT2D eigenvalue weighted by Crippen LogP contribution is 2.32. The summed E-state index contributed by atoms with van der Waals surface area (Å²) in [6.45, 7) is 3.23. The molecule has 1 aromatic heterocycles. The summed E-state index contributed by atoms with van der Waals surface area (Å²) >= 11 is 0. The molecule has 3 heterocycles. The summed E-state index contributed by atoms with van der Waals surface area (Å²) in [5, 5.41) is 24.2. The van der Waals surface area contributed by atoms with Crippen LogP contribution in [0.3, 0.4) is 0 Å². The fourth-order valence-electron chi connectivity index (χ4n) is 5.18. The number of aromatic nitrogens is 2. The van der Waals surface area contributed by atoms with Gasteiger partial charge in [0.25, 0.3) is 0 Å². The molecule has 2 amide bonds. The number of piperidine rings is 1. The van der Waals surface area contributed by atoms with Crippen LogP contribution in [0.15, 0.2) is 47.0 Å². The van der Waals surface area contributed by atoms with Crippen molar-refractivity contribution in [2.24, 2.45) is 5.92 Å². The van der Waals surface area contributed by atoms with E-state index in [9.17, 15) is 9.59 Å². The van der Waals surface area contributed by atoms with E-state index < -0.39 is 0 Å². The number of nitrogens with one attached hydrogen (secondary N) is 2. The van der Waals surface area contributed by atoms with Gasteiger partial charge < -0.3 is 25.0 Å². The Bertz CT molecular complexity index is 1410. The van der Waals surface area contributed by atoms with Crippen LogP contribution < -0.4 is 10.2 Å². The number of benzene rings is 2. The standard InChI is InChI=1S/C28H29N7O3/c1-17(30)23-8-5-20(13-24(23)31-2)26-32-27(38-33-26)19-9-11-34(12-10-19)28(37)21-14-25(36)35(16-21)22-6-3-18(15-29)4-7-22/h3-8,13,19,21,30-31H,9-12,14,16H2,1-2H3. The highest BCUT2D eigenvalue weighted by atomic mass is 16.5. The number of carbonyl (C=O) groups is 2. The third-order valence-electron chi connectivity index (χ3n) is 7.33. The molecule has 0 saturated carbocycles. The minimum atomic E-state index is -0.376. The molecule has 10 nitrogen and oxygen atoms in total. The molecule has 38 heavy (non-hydrogen) atoms. The summed E-state index contributed by atoms with van der Waals surface area (Å²) in [5.74, 6) is 0.670. The molecule has 2 aromatic carbocycles. The maximum atomic E-state index is 13.2. The predicted molar refractivity (Wildman–Crippen MR) is 142 cm³/mol. The molecule has 2 fully saturated rings.